The van der Waals surface area contributed by atoms with Gasteiger partial charge < -0.3 is 8.94 Å². The molecule has 0 bridgehead atoms. The van der Waals surface area contributed by atoms with Crippen LogP contribution in [0.2, 0.25) is 5.02 Å². The van der Waals surface area contributed by atoms with Crippen molar-refractivity contribution in [2.24, 2.45) is 0 Å². The van der Waals surface area contributed by atoms with Crippen molar-refractivity contribution in [1.82, 2.24) is 10.1 Å². The Hall–Kier alpha value is -2.33. The molecule has 156 valence electrons. The number of aromatic nitrogens is 2. The van der Waals surface area contributed by atoms with Gasteiger partial charge in [-0.3, -0.25) is 0 Å². The van der Waals surface area contributed by atoms with E-state index in [-0.39, 0.29) is 11.6 Å². The van der Waals surface area contributed by atoms with E-state index in [1.165, 1.54) is 45.0 Å². The number of furan rings is 1. The molecule has 0 amide bonds. The molecule has 0 N–H and O–H groups in total. The summed E-state index contributed by atoms with van der Waals surface area (Å²) >= 11 is 5.80. The summed E-state index contributed by atoms with van der Waals surface area (Å²) in [6.07, 6.45) is -4.83. The third kappa shape index (κ3) is 4.48. The van der Waals surface area contributed by atoms with Crippen molar-refractivity contribution in [2.45, 2.75) is 37.4 Å². The van der Waals surface area contributed by atoms with E-state index >= 15 is 0 Å². The van der Waals surface area contributed by atoms with Gasteiger partial charge >= 0.3 is 6.18 Å². The van der Waals surface area contributed by atoms with Gasteiger partial charge in [-0.05, 0) is 51.1 Å². The maximum Gasteiger partial charge on any atom is 0.450 e. The van der Waals surface area contributed by atoms with Crippen molar-refractivity contribution >= 4 is 21.4 Å². The Kier molecular flexibility index (Phi) is 5.29. The molecule has 0 aliphatic rings. The van der Waals surface area contributed by atoms with Gasteiger partial charge in [0.05, 0.1) is 10.3 Å². The van der Waals surface area contributed by atoms with Gasteiger partial charge in [0.2, 0.25) is 5.76 Å². The van der Waals surface area contributed by atoms with Gasteiger partial charge in [-0.2, -0.15) is 18.2 Å². The lowest BCUT2D eigenvalue weighted by atomic mass is 10.1. The molecule has 0 spiro atoms. The predicted octanol–water partition coefficient (Wildman–Crippen LogP) is 5.38. The summed E-state index contributed by atoms with van der Waals surface area (Å²) < 4.78 is 73.8. The standard InChI is InChI=1S/C18H16ClF3N2O4S/c1-17(2,3)29(25,26)9-14-23-16(28-24-14)12-8-13(27-15(12)18(20,21)22)10-4-6-11(19)7-5-10/h4-8H,9H2,1-3H3. The largest absolute Gasteiger partial charge is 0.451 e. The Morgan fingerprint density at radius 1 is 1.10 bits per heavy atom. The van der Waals surface area contributed by atoms with Crippen molar-refractivity contribution < 1.29 is 30.5 Å². The van der Waals surface area contributed by atoms with Gasteiger partial charge in [-0.1, -0.05) is 16.8 Å². The molecule has 0 unspecified atom stereocenters. The van der Waals surface area contributed by atoms with E-state index in [1.807, 2.05) is 0 Å². The van der Waals surface area contributed by atoms with Crippen LogP contribution in [0.4, 0.5) is 13.2 Å². The molecule has 2 aromatic heterocycles. The van der Waals surface area contributed by atoms with Crippen molar-refractivity contribution in [2.75, 3.05) is 0 Å². The number of hydrogen-bond acceptors (Lipinski definition) is 6. The van der Waals surface area contributed by atoms with Crippen LogP contribution in [0.3, 0.4) is 0 Å². The summed E-state index contributed by atoms with van der Waals surface area (Å²) in [6.45, 7) is 4.50. The van der Waals surface area contributed by atoms with Crippen LogP contribution in [0.5, 0.6) is 0 Å². The molecule has 6 nitrogen and oxygen atoms in total. The fraction of sp³-hybridized carbons (Fsp3) is 0.333. The highest BCUT2D eigenvalue weighted by molar-refractivity contribution is 7.91. The number of alkyl halides is 3. The first-order chi connectivity index (χ1) is 13.3. The van der Waals surface area contributed by atoms with E-state index in [1.54, 1.807) is 0 Å². The fourth-order valence-electron chi connectivity index (χ4n) is 2.33. The third-order valence-electron chi connectivity index (χ3n) is 4.07. The van der Waals surface area contributed by atoms with Crippen molar-refractivity contribution in [3.63, 3.8) is 0 Å². The third-order valence-corrected chi connectivity index (χ3v) is 6.83. The van der Waals surface area contributed by atoms with Crippen LogP contribution in [-0.4, -0.2) is 23.3 Å². The number of benzene rings is 1. The van der Waals surface area contributed by atoms with Crippen LogP contribution in [-0.2, 0) is 21.8 Å². The topological polar surface area (TPSA) is 86.2 Å². The summed E-state index contributed by atoms with van der Waals surface area (Å²) in [4.78, 5) is 3.84. The molecular formula is C18H16ClF3N2O4S. The van der Waals surface area contributed by atoms with Crippen LogP contribution in [0, 0.1) is 0 Å². The monoisotopic (exact) mass is 448 g/mol. The normalized spacial score (nSPS) is 13.1. The molecule has 0 atom stereocenters. The van der Waals surface area contributed by atoms with E-state index in [9.17, 15) is 21.6 Å². The van der Waals surface area contributed by atoms with Crippen molar-refractivity contribution in [3.8, 4) is 22.8 Å². The molecule has 0 fully saturated rings. The molecule has 0 radical (unpaired) electrons. The molecular weight excluding hydrogens is 433 g/mol. The van der Waals surface area contributed by atoms with Crippen LogP contribution < -0.4 is 0 Å². The molecule has 0 saturated carbocycles. The quantitative estimate of drug-likeness (QED) is 0.532. The van der Waals surface area contributed by atoms with Crippen molar-refractivity contribution in [3.05, 3.63) is 46.9 Å². The average Bonchev–Trinajstić information content (AvgIpc) is 3.20. The number of halogens is 4. The average molecular weight is 449 g/mol. The molecule has 3 aromatic rings. The summed E-state index contributed by atoms with van der Waals surface area (Å²) in [7, 11) is -3.64. The molecule has 0 aliphatic carbocycles. The summed E-state index contributed by atoms with van der Waals surface area (Å²) in [5.74, 6) is -2.69. The Labute approximate surface area is 169 Å². The maximum atomic E-state index is 13.5. The lowest BCUT2D eigenvalue weighted by molar-refractivity contribution is -0.152. The lowest BCUT2D eigenvalue weighted by Crippen LogP contribution is -2.29. The van der Waals surface area contributed by atoms with E-state index in [4.69, 9.17) is 20.5 Å². The van der Waals surface area contributed by atoms with Crippen LogP contribution >= 0.6 is 11.6 Å². The molecule has 0 aliphatic heterocycles. The van der Waals surface area contributed by atoms with Gasteiger partial charge in [-0.15, -0.1) is 0 Å². The van der Waals surface area contributed by atoms with E-state index < -0.39 is 43.7 Å². The van der Waals surface area contributed by atoms with Crippen molar-refractivity contribution in [1.29, 1.82) is 0 Å². The second-order valence-electron chi connectivity index (χ2n) is 7.25. The molecule has 2 heterocycles. The molecule has 1 aromatic carbocycles. The number of rotatable bonds is 4. The highest BCUT2D eigenvalue weighted by atomic mass is 35.5. The Balaban J connectivity index is 2.03. The fourth-order valence-corrected chi connectivity index (χ4v) is 3.34. The second-order valence-corrected chi connectivity index (χ2v) is 10.4. The van der Waals surface area contributed by atoms with Gasteiger partial charge in [0.1, 0.15) is 11.5 Å². The summed E-state index contributed by atoms with van der Waals surface area (Å²) in [5.41, 5.74) is -0.115. The number of nitrogens with zero attached hydrogens (tertiary/aromatic N) is 2. The molecule has 29 heavy (non-hydrogen) atoms. The number of hydrogen-bond donors (Lipinski definition) is 0. The zero-order valence-corrected chi connectivity index (χ0v) is 17.1. The lowest BCUT2D eigenvalue weighted by Gasteiger charge is -2.17. The van der Waals surface area contributed by atoms with Crippen LogP contribution in [0.25, 0.3) is 22.8 Å². The van der Waals surface area contributed by atoms with E-state index in [0.717, 1.165) is 6.07 Å². The van der Waals surface area contributed by atoms with Gasteiger partial charge in [0, 0.05) is 10.6 Å². The van der Waals surface area contributed by atoms with Gasteiger partial charge in [0.25, 0.3) is 5.89 Å². The summed E-state index contributed by atoms with van der Waals surface area (Å²) in [6, 6.07) is 7.13. The SMILES string of the molecule is CC(C)(C)S(=O)(=O)Cc1noc(-c2cc(-c3ccc(Cl)cc3)oc2C(F)(F)F)n1. The van der Waals surface area contributed by atoms with E-state index in [0.29, 0.717) is 10.6 Å². The maximum absolute atomic E-state index is 13.5. The molecule has 3 rings (SSSR count). The van der Waals surface area contributed by atoms with Gasteiger partial charge in [0.15, 0.2) is 15.7 Å². The van der Waals surface area contributed by atoms with Gasteiger partial charge in [-0.25, -0.2) is 8.42 Å². The Morgan fingerprint density at radius 2 is 1.72 bits per heavy atom. The Morgan fingerprint density at radius 3 is 2.28 bits per heavy atom. The van der Waals surface area contributed by atoms with Crippen LogP contribution in [0.1, 0.15) is 32.4 Å². The zero-order chi connectivity index (χ0) is 21.6. The first-order valence-electron chi connectivity index (χ1n) is 8.30. The first-order valence-corrected chi connectivity index (χ1v) is 10.3. The van der Waals surface area contributed by atoms with Crippen LogP contribution in [0.15, 0.2) is 39.3 Å². The zero-order valence-electron chi connectivity index (χ0n) is 15.5. The minimum absolute atomic E-state index is 0.0777. The Bertz CT molecular complexity index is 1130. The highest BCUT2D eigenvalue weighted by Crippen LogP contribution is 2.41. The molecule has 11 heteroatoms. The summed E-state index contributed by atoms with van der Waals surface area (Å²) in [5, 5.41) is 3.93. The number of sulfone groups is 1. The molecule has 0 saturated heterocycles. The minimum Gasteiger partial charge on any atom is -0.451 e. The second kappa shape index (κ2) is 7.17. The first kappa shape index (κ1) is 21.4. The highest BCUT2D eigenvalue weighted by Gasteiger charge is 2.41. The smallest absolute Gasteiger partial charge is 0.450 e. The van der Waals surface area contributed by atoms with E-state index in [2.05, 4.69) is 10.1 Å². The predicted molar refractivity (Wildman–Crippen MR) is 99.8 cm³/mol. The minimum atomic E-state index is -4.83.